The summed E-state index contributed by atoms with van der Waals surface area (Å²) in [5, 5.41) is 18.6. The quantitative estimate of drug-likeness (QED) is 0.762. The van der Waals surface area contributed by atoms with Gasteiger partial charge in [0, 0.05) is 6.04 Å². The number of hydrogen-bond acceptors (Lipinski definition) is 3. The van der Waals surface area contributed by atoms with E-state index in [0.717, 1.165) is 5.56 Å². The number of carbonyl (C=O) groups is 1. The van der Waals surface area contributed by atoms with E-state index in [1.54, 1.807) is 12.1 Å². The third-order valence-corrected chi connectivity index (χ3v) is 2.93. The molecule has 0 bridgehead atoms. The van der Waals surface area contributed by atoms with Crippen LogP contribution in [0.4, 0.5) is 0 Å². The number of aliphatic carboxylic acids is 1. The fourth-order valence-electron chi connectivity index (χ4n) is 1.74. The second kappa shape index (κ2) is 5.50. The standard InChI is InChI=1S/C14H21NO3/c1-14(2,3)10-6-4-9(5-7-10)13(18)11(15)8-12(16)17/h4-7,11,13,18H,8,15H2,1-3H3,(H,16,17). The van der Waals surface area contributed by atoms with Crippen LogP contribution in [0.3, 0.4) is 0 Å². The molecule has 1 rings (SSSR count). The van der Waals surface area contributed by atoms with Crippen LogP contribution in [0.1, 0.15) is 44.4 Å². The fraction of sp³-hybridized carbons (Fsp3) is 0.500. The van der Waals surface area contributed by atoms with E-state index < -0.39 is 18.1 Å². The second-order valence-electron chi connectivity index (χ2n) is 5.58. The lowest BCUT2D eigenvalue weighted by Crippen LogP contribution is -2.31. The number of aliphatic hydroxyl groups excluding tert-OH is 1. The van der Waals surface area contributed by atoms with E-state index in [2.05, 4.69) is 20.8 Å². The summed E-state index contributed by atoms with van der Waals surface area (Å²) in [6.07, 6.45) is -1.20. The van der Waals surface area contributed by atoms with Gasteiger partial charge in [-0.15, -0.1) is 0 Å². The smallest absolute Gasteiger partial charge is 0.305 e. The Morgan fingerprint density at radius 3 is 2.17 bits per heavy atom. The minimum absolute atomic E-state index is 0.0483. The topological polar surface area (TPSA) is 83.5 Å². The lowest BCUT2D eigenvalue weighted by molar-refractivity contribution is -0.138. The van der Waals surface area contributed by atoms with Crippen LogP contribution in [0.2, 0.25) is 0 Å². The monoisotopic (exact) mass is 251 g/mol. The maximum Gasteiger partial charge on any atom is 0.305 e. The number of rotatable bonds is 4. The third kappa shape index (κ3) is 3.82. The number of carboxylic acids is 1. The van der Waals surface area contributed by atoms with Crippen LogP contribution >= 0.6 is 0 Å². The van der Waals surface area contributed by atoms with Crippen molar-refractivity contribution in [2.75, 3.05) is 0 Å². The first-order valence-electron chi connectivity index (χ1n) is 5.97. The summed E-state index contributed by atoms with van der Waals surface area (Å²) in [7, 11) is 0. The average Bonchev–Trinajstić information content (AvgIpc) is 2.26. The Morgan fingerprint density at radius 1 is 1.28 bits per heavy atom. The summed E-state index contributed by atoms with van der Waals surface area (Å²) >= 11 is 0. The second-order valence-corrected chi connectivity index (χ2v) is 5.58. The summed E-state index contributed by atoms with van der Waals surface area (Å²) < 4.78 is 0. The van der Waals surface area contributed by atoms with Gasteiger partial charge in [0.25, 0.3) is 0 Å². The van der Waals surface area contributed by atoms with Crippen molar-refractivity contribution in [3.63, 3.8) is 0 Å². The van der Waals surface area contributed by atoms with E-state index in [0.29, 0.717) is 5.56 Å². The van der Waals surface area contributed by atoms with E-state index in [1.165, 1.54) is 0 Å². The SMILES string of the molecule is CC(C)(C)c1ccc(C(O)C(N)CC(=O)O)cc1. The molecule has 2 atom stereocenters. The molecule has 0 saturated carbocycles. The zero-order valence-electron chi connectivity index (χ0n) is 11.1. The maximum atomic E-state index is 10.5. The van der Waals surface area contributed by atoms with Gasteiger partial charge in [-0.25, -0.2) is 0 Å². The van der Waals surface area contributed by atoms with Gasteiger partial charge in [0.15, 0.2) is 0 Å². The highest BCUT2D eigenvalue weighted by Crippen LogP contribution is 2.25. The molecule has 0 aromatic heterocycles. The van der Waals surface area contributed by atoms with Crippen LogP contribution in [0.5, 0.6) is 0 Å². The Labute approximate surface area is 107 Å². The molecule has 0 amide bonds. The van der Waals surface area contributed by atoms with Crippen molar-refractivity contribution < 1.29 is 15.0 Å². The lowest BCUT2D eigenvalue weighted by atomic mass is 9.86. The number of nitrogens with two attached hydrogens (primary N) is 1. The van der Waals surface area contributed by atoms with Gasteiger partial charge < -0.3 is 15.9 Å². The van der Waals surface area contributed by atoms with Crippen molar-refractivity contribution >= 4 is 5.97 Å². The van der Waals surface area contributed by atoms with E-state index >= 15 is 0 Å². The highest BCUT2D eigenvalue weighted by Gasteiger charge is 2.20. The first kappa shape index (κ1) is 14.7. The number of aliphatic hydroxyl groups is 1. The molecule has 1 aromatic rings. The molecular weight excluding hydrogens is 230 g/mol. The van der Waals surface area contributed by atoms with Gasteiger partial charge in [0.2, 0.25) is 0 Å². The largest absolute Gasteiger partial charge is 0.481 e. The summed E-state index contributed by atoms with van der Waals surface area (Å²) in [4.78, 5) is 10.5. The molecule has 2 unspecified atom stereocenters. The average molecular weight is 251 g/mol. The molecule has 0 saturated heterocycles. The van der Waals surface area contributed by atoms with Gasteiger partial charge in [-0.2, -0.15) is 0 Å². The minimum atomic E-state index is -1.01. The molecule has 4 heteroatoms. The van der Waals surface area contributed by atoms with Crippen LogP contribution in [0.15, 0.2) is 24.3 Å². The van der Waals surface area contributed by atoms with Crippen LogP contribution in [0.25, 0.3) is 0 Å². The van der Waals surface area contributed by atoms with Crippen molar-refractivity contribution in [1.82, 2.24) is 0 Å². The Morgan fingerprint density at radius 2 is 1.78 bits per heavy atom. The van der Waals surface area contributed by atoms with Gasteiger partial charge >= 0.3 is 5.97 Å². The molecule has 4 N–H and O–H groups in total. The molecule has 18 heavy (non-hydrogen) atoms. The summed E-state index contributed by atoms with van der Waals surface area (Å²) in [6.45, 7) is 6.32. The Balaban J connectivity index is 2.82. The summed E-state index contributed by atoms with van der Waals surface area (Å²) in [5.74, 6) is -1.01. The van der Waals surface area contributed by atoms with Crippen molar-refractivity contribution in [2.45, 2.75) is 44.8 Å². The van der Waals surface area contributed by atoms with E-state index in [9.17, 15) is 9.90 Å². The van der Waals surface area contributed by atoms with Gasteiger partial charge in [0.1, 0.15) is 0 Å². The number of benzene rings is 1. The van der Waals surface area contributed by atoms with E-state index in [-0.39, 0.29) is 11.8 Å². The molecule has 0 spiro atoms. The van der Waals surface area contributed by atoms with E-state index in [4.69, 9.17) is 10.8 Å². The van der Waals surface area contributed by atoms with Crippen molar-refractivity contribution in [1.29, 1.82) is 0 Å². The molecule has 0 aliphatic heterocycles. The molecule has 1 aromatic carbocycles. The Kier molecular flexibility index (Phi) is 4.48. The number of carboxylic acid groups (broad SMARTS) is 1. The lowest BCUT2D eigenvalue weighted by Gasteiger charge is -2.21. The van der Waals surface area contributed by atoms with Crippen LogP contribution in [0, 0.1) is 0 Å². The van der Waals surface area contributed by atoms with Crippen molar-refractivity contribution in [3.05, 3.63) is 35.4 Å². The van der Waals surface area contributed by atoms with E-state index in [1.807, 2.05) is 12.1 Å². The highest BCUT2D eigenvalue weighted by atomic mass is 16.4. The minimum Gasteiger partial charge on any atom is -0.481 e. The summed E-state index contributed by atoms with van der Waals surface area (Å²) in [6, 6.07) is 6.68. The van der Waals surface area contributed by atoms with Gasteiger partial charge in [-0.05, 0) is 16.5 Å². The van der Waals surface area contributed by atoms with Crippen LogP contribution in [-0.4, -0.2) is 22.2 Å². The fourth-order valence-corrected chi connectivity index (χ4v) is 1.74. The first-order chi connectivity index (χ1) is 8.21. The molecule has 0 aliphatic carbocycles. The first-order valence-corrected chi connectivity index (χ1v) is 5.97. The molecule has 100 valence electrons. The normalized spacial score (nSPS) is 15.2. The predicted molar refractivity (Wildman–Crippen MR) is 70.3 cm³/mol. The maximum absolute atomic E-state index is 10.5. The van der Waals surface area contributed by atoms with Crippen molar-refractivity contribution in [2.24, 2.45) is 5.73 Å². The zero-order chi connectivity index (χ0) is 13.9. The molecule has 0 fully saturated rings. The Bertz CT molecular complexity index is 406. The third-order valence-electron chi connectivity index (χ3n) is 2.93. The molecule has 0 heterocycles. The number of hydrogen-bond donors (Lipinski definition) is 3. The zero-order valence-corrected chi connectivity index (χ0v) is 11.1. The van der Waals surface area contributed by atoms with Crippen LogP contribution in [-0.2, 0) is 10.2 Å². The van der Waals surface area contributed by atoms with Gasteiger partial charge in [-0.3, -0.25) is 4.79 Å². The molecule has 4 nitrogen and oxygen atoms in total. The van der Waals surface area contributed by atoms with Crippen LogP contribution < -0.4 is 5.73 Å². The Hall–Kier alpha value is -1.39. The molecule has 0 radical (unpaired) electrons. The predicted octanol–water partition coefficient (Wildman–Crippen LogP) is 1.82. The summed E-state index contributed by atoms with van der Waals surface area (Å²) in [5.41, 5.74) is 7.50. The highest BCUT2D eigenvalue weighted by molar-refractivity contribution is 5.67. The van der Waals surface area contributed by atoms with Crippen molar-refractivity contribution in [3.8, 4) is 0 Å². The van der Waals surface area contributed by atoms with Gasteiger partial charge in [0.05, 0.1) is 12.5 Å². The molecule has 0 aliphatic rings. The molecular formula is C14H21NO3. The van der Waals surface area contributed by atoms with Gasteiger partial charge in [-0.1, -0.05) is 45.0 Å².